The number of benzene rings is 7. The van der Waals surface area contributed by atoms with Gasteiger partial charge in [-0.15, -0.1) is 0 Å². The molecule has 2 nitrogen and oxygen atoms in total. The van der Waals surface area contributed by atoms with Gasteiger partial charge in [-0.05, 0) is 61.1 Å². The molecule has 0 spiro atoms. The van der Waals surface area contributed by atoms with E-state index in [1.54, 1.807) is 0 Å². The average molecular weight is 575 g/mol. The summed E-state index contributed by atoms with van der Waals surface area (Å²) in [6.07, 6.45) is 0. The van der Waals surface area contributed by atoms with Crippen LogP contribution in [0.2, 0.25) is 0 Å². The van der Waals surface area contributed by atoms with Gasteiger partial charge in [-0.2, -0.15) is 0 Å². The van der Waals surface area contributed by atoms with Gasteiger partial charge < -0.3 is 0 Å². The average Bonchev–Trinajstić information content (AvgIpc) is 3.34. The highest BCUT2D eigenvalue weighted by Gasteiger charge is 2.40. The summed E-state index contributed by atoms with van der Waals surface area (Å²) in [6, 6.07) is 52.3. The molecule has 0 unspecified atom stereocenters. The summed E-state index contributed by atoms with van der Waals surface area (Å²) in [5, 5.41) is 7.72. The molecule has 0 aliphatic heterocycles. The first-order valence-corrected chi connectivity index (χ1v) is 15.6. The third-order valence-electron chi connectivity index (χ3n) is 9.64. The maximum atomic E-state index is 5.31. The van der Waals surface area contributed by atoms with Crippen LogP contribution in [0.5, 0.6) is 0 Å². The zero-order valence-corrected chi connectivity index (χ0v) is 25.3. The summed E-state index contributed by atoms with van der Waals surface area (Å²) in [5.41, 5.74) is 9.99. The summed E-state index contributed by atoms with van der Waals surface area (Å²) in [4.78, 5) is 10.5. The summed E-state index contributed by atoms with van der Waals surface area (Å²) >= 11 is 0. The second-order valence-corrected chi connectivity index (χ2v) is 12.6. The number of aromatic nitrogens is 2. The van der Waals surface area contributed by atoms with Crippen molar-refractivity contribution in [2.24, 2.45) is 0 Å². The van der Waals surface area contributed by atoms with Crippen LogP contribution in [0.15, 0.2) is 146 Å². The predicted octanol–water partition coefficient (Wildman–Crippen LogP) is 11.2. The molecule has 1 heterocycles. The Morgan fingerprint density at radius 1 is 0.400 bits per heavy atom. The van der Waals surface area contributed by atoms with E-state index in [0.717, 1.165) is 28.3 Å². The summed E-state index contributed by atoms with van der Waals surface area (Å²) in [5.74, 6) is 0.756. The van der Waals surface area contributed by atoms with Crippen LogP contribution in [0.3, 0.4) is 0 Å². The summed E-state index contributed by atoms with van der Waals surface area (Å²) in [6.45, 7) is 4.60. The van der Waals surface area contributed by atoms with E-state index in [1.807, 2.05) is 6.07 Å². The molecular formula is C43H30N2. The lowest BCUT2D eigenvalue weighted by Crippen LogP contribution is -2.17. The van der Waals surface area contributed by atoms with Gasteiger partial charge in [-0.3, -0.25) is 0 Å². The number of rotatable bonds is 3. The molecule has 0 saturated heterocycles. The van der Waals surface area contributed by atoms with Crippen LogP contribution in [-0.4, -0.2) is 9.97 Å². The van der Waals surface area contributed by atoms with E-state index in [2.05, 4.69) is 153 Å². The van der Waals surface area contributed by atoms with Gasteiger partial charge >= 0.3 is 0 Å². The maximum Gasteiger partial charge on any atom is 0.160 e. The van der Waals surface area contributed by atoms with Crippen LogP contribution >= 0.6 is 0 Å². The fourth-order valence-electron chi connectivity index (χ4n) is 7.48. The van der Waals surface area contributed by atoms with Gasteiger partial charge in [-0.25, -0.2) is 9.97 Å². The molecule has 0 N–H and O–H groups in total. The Morgan fingerprint density at radius 2 is 0.933 bits per heavy atom. The molecule has 0 bridgehead atoms. The van der Waals surface area contributed by atoms with Crippen molar-refractivity contribution in [1.82, 2.24) is 9.97 Å². The Bertz CT molecular complexity index is 2420. The van der Waals surface area contributed by atoms with Crippen molar-refractivity contribution in [1.29, 1.82) is 0 Å². The summed E-state index contributed by atoms with van der Waals surface area (Å²) < 4.78 is 0. The van der Waals surface area contributed by atoms with E-state index in [0.29, 0.717) is 0 Å². The number of hydrogen-bond acceptors (Lipinski definition) is 2. The highest BCUT2D eigenvalue weighted by Crippen LogP contribution is 2.51. The first kappa shape index (κ1) is 25.9. The lowest BCUT2D eigenvalue weighted by Gasteiger charge is -2.24. The van der Waals surface area contributed by atoms with E-state index in [-0.39, 0.29) is 5.41 Å². The van der Waals surface area contributed by atoms with Crippen LogP contribution < -0.4 is 0 Å². The molecule has 212 valence electrons. The smallest absolute Gasteiger partial charge is 0.160 e. The van der Waals surface area contributed by atoms with E-state index in [1.165, 1.54) is 60.1 Å². The molecule has 0 amide bonds. The minimum atomic E-state index is -0.227. The minimum absolute atomic E-state index is 0.227. The SMILES string of the molecule is CC1(C)c2ccccc2-c2nc(-c3ccccc3)nc(-c3cccc(-c4ccc5c6ccccc6c6ccccc6c5c4)c3)c21. The number of hydrogen-bond donors (Lipinski definition) is 0. The molecule has 9 rings (SSSR count). The molecule has 7 aromatic carbocycles. The van der Waals surface area contributed by atoms with Crippen LogP contribution in [0.25, 0.3) is 77.3 Å². The first-order chi connectivity index (χ1) is 22.1. The van der Waals surface area contributed by atoms with Gasteiger partial charge in [-0.1, -0.05) is 147 Å². The minimum Gasteiger partial charge on any atom is -0.228 e. The predicted molar refractivity (Wildman–Crippen MR) is 188 cm³/mol. The standard InChI is InChI=1S/C43H30N2/c1-43(2)38-22-11-10-21-36(38)41-39(43)40(44-42(45-41)27-13-4-3-5-14-27)30-16-12-15-28(25-30)29-23-24-35-33-19-7-6-17-31(33)32-18-8-9-20-34(32)37(35)26-29/h3-26H,1-2H3. The third kappa shape index (κ3) is 3.89. The molecule has 1 aliphatic rings. The van der Waals surface area contributed by atoms with E-state index < -0.39 is 0 Å². The lowest BCUT2D eigenvalue weighted by molar-refractivity contribution is 0.658. The van der Waals surface area contributed by atoms with Crippen LogP contribution in [0.4, 0.5) is 0 Å². The van der Waals surface area contributed by atoms with Crippen molar-refractivity contribution in [2.45, 2.75) is 19.3 Å². The van der Waals surface area contributed by atoms with Gasteiger partial charge in [0.2, 0.25) is 0 Å². The molecular weight excluding hydrogens is 544 g/mol. The van der Waals surface area contributed by atoms with Gasteiger partial charge in [0.05, 0.1) is 11.4 Å². The van der Waals surface area contributed by atoms with Crippen molar-refractivity contribution >= 4 is 32.3 Å². The van der Waals surface area contributed by atoms with Crippen molar-refractivity contribution in [3.63, 3.8) is 0 Å². The Labute approximate surface area is 262 Å². The summed E-state index contributed by atoms with van der Waals surface area (Å²) in [7, 11) is 0. The van der Waals surface area contributed by atoms with Crippen LogP contribution in [-0.2, 0) is 5.41 Å². The maximum absolute atomic E-state index is 5.31. The van der Waals surface area contributed by atoms with E-state index in [4.69, 9.17) is 9.97 Å². The van der Waals surface area contributed by atoms with Crippen LogP contribution in [0, 0.1) is 0 Å². The molecule has 0 saturated carbocycles. The van der Waals surface area contributed by atoms with Gasteiger partial charge in [0.1, 0.15) is 0 Å². The van der Waals surface area contributed by atoms with Gasteiger partial charge in [0.15, 0.2) is 5.82 Å². The highest BCUT2D eigenvalue weighted by atomic mass is 14.9. The van der Waals surface area contributed by atoms with Gasteiger partial charge in [0, 0.05) is 27.7 Å². The quantitative estimate of drug-likeness (QED) is 0.196. The topological polar surface area (TPSA) is 25.8 Å². The zero-order valence-electron chi connectivity index (χ0n) is 25.3. The Hall–Kier alpha value is -5.60. The largest absolute Gasteiger partial charge is 0.228 e. The van der Waals surface area contributed by atoms with Crippen LogP contribution in [0.1, 0.15) is 25.0 Å². The zero-order chi connectivity index (χ0) is 30.1. The normalized spacial score (nSPS) is 13.3. The number of fused-ring (bicyclic) bond motifs is 9. The molecule has 8 aromatic rings. The van der Waals surface area contributed by atoms with Gasteiger partial charge in [0.25, 0.3) is 0 Å². The van der Waals surface area contributed by atoms with Crippen molar-refractivity contribution in [3.05, 3.63) is 157 Å². The van der Waals surface area contributed by atoms with Crippen molar-refractivity contribution in [3.8, 4) is 45.0 Å². The molecule has 1 aliphatic carbocycles. The molecule has 2 heteroatoms. The Kier molecular flexibility index (Phi) is 5.58. The van der Waals surface area contributed by atoms with E-state index in [9.17, 15) is 0 Å². The monoisotopic (exact) mass is 574 g/mol. The van der Waals surface area contributed by atoms with Crippen molar-refractivity contribution in [2.75, 3.05) is 0 Å². The molecule has 1 aromatic heterocycles. The third-order valence-corrected chi connectivity index (χ3v) is 9.64. The molecule has 45 heavy (non-hydrogen) atoms. The lowest BCUT2D eigenvalue weighted by atomic mass is 9.80. The first-order valence-electron chi connectivity index (χ1n) is 15.6. The Balaban J connectivity index is 1.27. The molecule has 0 fully saturated rings. The fourth-order valence-corrected chi connectivity index (χ4v) is 7.48. The fraction of sp³-hybridized carbons (Fsp3) is 0.0698. The van der Waals surface area contributed by atoms with Crippen molar-refractivity contribution < 1.29 is 0 Å². The second-order valence-electron chi connectivity index (χ2n) is 12.6. The molecule has 0 atom stereocenters. The second kappa shape index (κ2) is 9.70. The number of nitrogens with zero attached hydrogens (tertiary/aromatic N) is 2. The Morgan fingerprint density at radius 3 is 1.67 bits per heavy atom. The van der Waals surface area contributed by atoms with E-state index >= 15 is 0 Å². The highest BCUT2D eigenvalue weighted by molar-refractivity contribution is 6.25. The molecule has 0 radical (unpaired) electrons.